The maximum Gasteiger partial charge on any atom is 0.282 e. The second kappa shape index (κ2) is 8.32. The van der Waals surface area contributed by atoms with Crippen LogP contribution in [0.1, 0.15) is 25.3 Å². The molecule has 1 unspecified atom stereocenters. The molecule has 0 radical (unpaired) electrons. The summed E-state index contributed by atoms with van der Waals surface area (Å²) in [5, 5.41) is 0.983. The van der Waals surface area contributed by atoms with Crippen LogP contribution in [0.15, 0.2) is 48.2 Å². The molecule has 2 aliphatic heterocycles. The van der Waals surface area contributed by atoms with Crippen LogP contribution >= 0.6 is 23.2 Å². The SMILES string of the molecule is COc1ccc(Cl)cc1N1C(=O)C(c2ccc(Cl)cc2)=C(N2CCCC(C)C2)C1=O. The van der Waals surface area contributed by atoms with Gasteiger partial charge in [-0.05, 0) is 54.7 Å². The number of nitrogens with zero attached hydrogens (tertiary/aromatic N) is 2. The second-order valence-electron chi connectivity index (χ2n) is 7.69. The van der Waals surface area contributed by atoms with E-state index < -0.39 is 5.91 Å². The van der Waals surface area contributed by atoms with Crippen molar-refractivity contribution in [3.05, 3.63) is 63.8 Å². The van der Waals surface area contributed by atoms with Crippen LogP contribution in [0.2, 0.25) is 10.0 Å². The quantitative estimate of drug-likeness (QED) is 0.621. The van der Waals surface area contributed by atoms with Gasteiger partial charge in [0.05, 0.1) is 18.4 Å². The van der Waals surface area contributed by atoms with Crippen molar-refractivity contribution >= 4 is 46.3 Å². The molecule has 0 N–H and O–H groups in total. The lowest BCUT2D eigenvalue weighted by Crippen LogP contribution is -2.39. The topological polar surface area (TPSA) is 49.9 Å². The number of piperidine rings is 1. The number of ether oxygens (including phenoxy) is 1. The zero-order chi connectivity index (χ0) is 21.4. The van der Waals surface area contributed by atoms with Gasteiger partial charge in [-0.25, -0.2) is 4.90 Å². The van der Waals surface area contributed by atoms with E-state index in [1.54, 1.807) is 42.5 Å². The van der Waals surface area contributed by atoms with Crippen LogP contribution in [0, 0.1) is 5.92 Å². The Hall–Kier alpha value is -2.50. The summed E-state index contributed by atoms with van der Waals surface area (Å²) in [4.78, 5) is 30.4. The van der Waals surface area contributed by atoms with E-state index in [1.807, 2.05) is 4.90 Å². The van der Waals surface area contributed by atoms with E-state index >= 15 is 0 Å². The number of benzene rings is 2. The van der Waals surface area contributed by atoms with Gasteiger partial charge in [-0.1, -0.05) is 42.3 Å². The maximum atomic E-state index is 13.6. The van der Waals surface area contributed by atoms with Crippen molar-refractivity contribution in [1.82, 2.24) is 4.90 Å². The number of halogens is 2. The van der Waals surface area contributed by atoms with Crippen molar-refractivity contribution in [2.45, 2.75) is 19.8 Å². The molecule has 7 heteroatoms. The number of anilines is 1. The molecule has 2 amide bonds. The van der Waals surface area contributed by atoms with Crippen LogP contribution in [-0.2, 0) is 9.59 Å². The lowest BCUT2D eigenvalue weighted by molar-refractivity contribution is -0.120. The monoisotopic (exact) mass is 444 g/mol. The number of imide groups is 1. The van der Waals surface area contributed by atoms with Gasteiger partial charge in [-0.2, -0.15) is 0 Å². The molecular weight excluding hydrogens is 423 g/mol. The summed E-state index contributed by atoms with van der Waals surface area (Å²) in [5.74, 6) is 0.0935. The molecule has 0 aliphatic carbocycles. The molecule has 0 saturated carbocycles. The van der Waals surface area contributed by atoms with Crippen LogP contribution in [0.25, 0.3) is 5.57 Å². The fraction of sp³-hybridized carbons (Fsp3) is 0.304. The number of hydrogen-bond donors (Lipinski definition) is 0. The van der Waals surface area contributed by atoms with Crippen molar-refractivity contribution < 1.29 is 14.3 Å². The van der Waals surface area contributed by atoms with Crippen LogP contribution in [0.5, 0.6) is 5.75 Å². The van der Waals surface area contributed by atoms with E-state index in [-0.39, 0.29) is 5.91 Å². The van der Waals surface area contributed by atoms with Gasteiger partial charge >= 0.3 is 0 Å². The molecule has 1 atom stereocenters. The molecule has 30 heavy (non-hydrogen) atoms. The van der Waals surface area contributed by atoms with Crippen molar-refractivity contribution in [2.24, 2.45) is 5.92 Å². The third kappa shape index (κ3) is 3.68. The molecule has 156 valence electrons. The summed E-state index contributed by atoms with van der Waals surface area (Å²) < 4.78 is 5.41. The summed E-state index contributed by atoms with van der Waals surface area (Å²) in [6.45, 7) is 3.62. The van der Waals surface area contributed by atoms with Crippen LogP contribution in [0.3, 0.4) is 0 Å². The zero-order valence-corrected chi connectivity index (χ0v) is 18.3. The molecule has 5 nitrogen and oxygen atoms in total. The highest BCUT2D eigenvalue weighted by Crippen LogP contribution is 2.40. The Labute approximate surface area is 185 Å². The molecule has 0 aromatic heterocycles. The minimum atomic E-state index is -0.392. The van der Waals surface area contributed by atoms with Crippen LogP contribution < -0.4 is 9.64 Å². The van der Waals surface area contributed by atoms with Gasteiger partial charge in [-0.3, -0.25) is 9.59 Å². The molecule has 4 rings (SSSR count). The number of methoxy groups -OCH3 is 1. The summed E-state index contributed by atoms with van der Waals surface area (Å²) >= 11 is 12.2. The largest absolute Gasteiger partial charge is 0.495 e. The highest BCUT2D eigenvalue weighted by Gasteiger charge is 2.44. The molecule has 0 spiro atoms. The van der Waals surface area contributed by atoms with E-state index in [0.717, 1.165) is 25.9 Å². The standard InChI is InChI=1S/C23H22Cl2N2O3/c1-14-4-3-11-26(13-14)21-20(15-5-7-16(24)8-6-15)22(28)27(23(21)29)18-12-17(25)9-10-19(18)30-2/h5-10,12,14H,3-4,11,13H2,1-2H3. The summed E-state index contributed by atoms with van der Waals surface area (Å²) in [6, 6.07) is 11.9. The summed E-state index contributed by atoms with van der Waals surface area (Å²) in [5.41, 5.74) is 1.81. The lowest BCUT2D eigenvalue weighted by atomic mass is 9.98. The van der Waals surface area contributed by atoms with Gasteiger partial charge in [0.1, 0.15) is 11.4 Å². The third-order valence-electron chi connectivity index (χ3n) is 5.55. The Bertz CT molecular complexity index is 1030. The molecular formula is C23H22Cl2N2O3. The van der Waals surface area contributed by atoms with Crippen LogP contribution in [0.4, 0.5) is 5.69 Å². The van der Waals surface area contributed by atoms with Gasteiger partial charge in [0.15, 0.2) is 0 Å². The van der Waals surface area contributed by atoms with Crippen LogP contribution in [-0.4, -0.2) is 36.9 Å². The van der Waals surface area contributed by atoms with E-state index in [4.69, 9.17) is 27.9 Å². The molecule has 2 aromatic rings. The Morgan fingerprint density at radius 2 is 1.70 bits per heavy atom. The molecule has 1 fully saturated rings. The Morgan fingerprint density at radius 3 is 2.37 bits per heavy atom. The highest BCUT2D eigenvalue weighted by atomic mass is 35.5. The average molecular weight is 445 g/mol. The van der Waals surface area contributed by atoms with Gasteiger partial charge in [0, 0.05) is 23.1 Å². The Kier molecular flexibility index (Phi) is 5.76. The highest BCUT2D eigenvalue weighted by molar-refractivity contribution is 6.46. The number of amides is 2. The minimum absolute atomic E-state index is 0.339. The van der Waals surface area contributed by atoms with E-state index in [2.05, 4.69) is 6.92 Å². The summed E-state index contributed by atoms with van der Waals surface area (Å²) in [6.07, 6.45) is 2.08. The number of carbonyl (C=O) groups excluding carboxylic acids is 2. The summed E-state index contributed by atoms with van der Waals surface area (Å²) in [7, 11) is 1.50. The third-order valence-corrected chi connectivity index (χ3v) is 6.03. The van der Waals surface area contributed by atoms with E-state index in [0.29, 0.717) is 44.2 Å². The molecule has 2 aromatic carbocycles. The smallest absolute Gasteiger partial charge is 0.282 e. The number of rotatable bonds is 4. The minimum Gasteiger partial charge on any atom is -0.495 e. The van der Waals surface area contributed by atoms with Crippen molar-refractivity contribution in [2.75, 3.05) is 25.1 Å². The molecule has 2 aliphatic rings. The molecule has 0 bridgehead atoms. The van der Waals surface area contributed by atoms with Crippen molar-refractivity contribution in [3.8, 4) is 5.75 Å². The lowest BCUT2D eigenvalue weighted by Gasteiger charge is -2.33. The fourth-order valence-corrected chi connectivity index (χ4v) is 4.43. The number of likely N-dealkylation sites (tertiary alicyclic amines) is 1. The second-order valence-corrected chi connectivity index (χ2v) is 8.56. The Balaban J connectivity index is 1.86. The molecule has 2 heterocycles. The zero-order valence-electron chi connectivity index (χ0n) is 16.8. The predicted octanol–water partition coefficient (Wildman–Crippen LogP) is 5.02. The van der Waals surface area contributed by atoms with E-state index in [9.17, 15) is 9.59 Å². The first-order valence-corrected chi connectivity index (χ1v) is 10.6. The fourth-order valence-electron chi connectivity index (χ4n) is 4.14. The Morgan fingerprint density at radius 1 is 1.00 bits per heavy atom. The number of carbonyl (C=O) groups is 2. The maximum absolute atomic E-state index is 13.6. The first-order chi connectivity index (χ1) is 14.4. The van der Waals surface area contributed by atoms with Gasteiger partial charge in [0.2, 0.25) is 0 Å². The van der Waals surface area contributed by atoms with Gasteiger partial charge in [0.25, 0.3) is 11.8 Å². The van der Waals surface area contributed by atoms with E-state index in [1.165, 1.54) is 12.0 Å². The van der Waals surface area contributed by atoms with Crippen molar-refractivity contribution in [1.29, 1.82) is 0 Å². The predicted molar refractivity (Wildman–Crippen MR) is 119 cm³/mol. The average Bonchev–Trinajstić information content (AvgIpc) is 2.98. The first kappa shape index (κ1) is 20.8. The normalized spacial score (nSPS) is 19.7. The van der Waals surface area contributed by atoms with Gasteiger partial charge < -0.3 is 9.64 Å². The molecule has 1 saturated heterocycles. The number of hydrogen-bond acceptors (Lipinski definition) is 4. The first-order valence-electron chi connectivity index (χ1n) is 9.88. The van der Waals surface area contributed by atoms with Crippen molar-refractivity contribution in [3.63, 3.8) is 0 Å². The van der Waals surface area contributed by atoms with Gasteiger partial charge in [-0.15, -0.1) is 0 Å².